The average Bonchev–Trinajstić information content (AvgIpc) is 2.88. The normalized spacial score (nSPS) is 14.5. The Morgan fingerprint density at radius 1 is 0.947 bits per heavy atom. The highest BCUT2D eigenvalue weighted by Crippen LogP contribution is 2.35. The van der Waals surface area contributed by atoms with Crippen LogP contribution in [0, 0.1) is 0 Å². The third kappa shape index (κ3) is 6.36. The molecule has 1 heterocycles. The van der Waals surface area contributed by atoms with Gasteiger partial charge in [-0.05, 0) is 48.0 Å². The summed E-state index contributed by atoms with van der Waals surface area (Å²) in [6.45, 7) is 1.49. The lowest BCUT2D eigenvalue weighted by molar-refractivity contribution is -0.137. The lowest BCUT2D eigenvalue weighted by Gasteiger charge is -2.36. The fourth-order valence-electron chi connectivity index (χ4n) is 4.21. The smallest absolute Gasteiger partial charge is 0.368 e. The van der Waals surface area contributed by atoms with Crippen molar-refractivity contribution in [2.75, 3.05) is 41.6 Å². The number of anilines is 2. The fraction of sp³-hybridized carbons (Fsp3) is 0.269. The Hall–Kier alpha value is -2.95. The van der Waals surface area contributed by atoms with Gasteiger partial charge in [0.25, 0.3) is 5.91 Å². The van der Waals surface area contributed by atoms with Gasteiger partial charge in [-0.15, -0.1) is 0 Å². The highest BCUT2D eigenvalue weighted by molar-refractivity contribution is 7.92. The number of alkyl halides is 3. The minimum Gasteiger partial charge on any atom is -0.368 e. The van der Waals surface area contributed by atoms with Gasteiger partial charge in [0, 0.05) is 37.4 Å². The van der Waals surface area contributed by atoms with E-state index in [2.05, 4.69) is 0 Å². The summed E-state index contributed by atoms with van der Waals surface area (Å²) >= 11 is 12.3. The molecule has 0 aromatic heterocycles. The molecule has 1 aliphatic heterocycles. The van der Waals surface area contributed by atoms with Crippen LogP contribution in [0.5, 0.6) is 0 Å². The number of amides is 1. The lowest BCUT2D eigenvalue weighted by Crippen LogP contribution is -2.48. The van der Waals surface area contributed by atoms with E-state index in [1.165, 1.54) is 6.07 Å². The van der Waals surface area contributed by atoms with E-state index in [-0.39, 0.29) is 28.2 Å². The molecule has 0 saturated carbocycles. The summed E-state index contributed by atoms with van der Waals surface area (Å²) in [4.78, 5) is 16.5. The number of carbonyl (C=O) groups is 1. The van der Waals surface area contributed by atoms with Crippen LogP contribution >= 0.6 is 23.2 Å². The molecule has 3 aromatic rings. The Balaban J connectivity index is 1.42. The topological polar surface area (TPSA) is 60.9 Å². The second kappa shape index (κ2) is 11.0. The first-order valence-electron chi connectivity index (χ1n) is 11.6. The molecular formula is C26H24Cl2F3N3O3S. The fourth-order valence-corrected chi connectivity index (χ4v) is 5.55. The summed E-state index contributed by atoms with van der Waals surface area (Å²) in [5.41, 5.74) is 1.07. The molecule has 1 amide bonds. The summed E-state index contributed by atoms with van der Waals surface area (Å²) in [5.74, 6) is -0.210. The standard InChI is InChI=1S/C26H24Cl2F3N3O3S/c1-38(36,37)34(23-7-3-6-22(27)24(23)28)17-18-8-10-19(11-9-18)25(35)33-14-12-32(13-15-33)21-5-2-4-20(16-21)26(29,30)31/h2-11,16H,12-15,17H2,1H3. The maximum Gasteiger partial charge on any atom is 0.416 e. The molecular weight excluding hydrogens is 562 g/mol. The van der Waals surface area contributed by atoms with Gasteiger partial charge in [-0.2, -0.15) is 13.2 Å². The summed E-state index contributed by atoms with van der Waals surface area (Å²) in [7, 11) is -3.69. The molecule has 0 N–H and O–H groups in total. The molecule has 3 aromatic carbocycles. The molecule has 38 heavy (non-hydrogen) atoms. The zero-order valence-corrected chi connectivity index (χ0v) is 22.6. The molecule has 0 unspecified atom stereocenters. The van der Waals surface area contributed by atoms with Crippen LogP contribution in [0.15, 0.2) is 66.7 Å². The van der Waals surface area contributed by atoms with Gasteiger partial charge in [-0.1, -0.05) is 47.5 Å². The van der Waals surface area contributed by atoms with Gasteiger partial charge in [0.15, 0.2) is 0 Å². The second-order valence-corrected chi connectivity index (χ2v) is 11.6. The first kappa shape index (κ1) is 28.1. The predicted octanol–water partition coefficient (Wildman–Crippen LogP) is 5.94. The number of nitrogens with zero attached hydrogens (tertiary/aromatic N) is 3. The van der Waals surface area contributed by atoms with Crippen molar-refractivity contribution in [3.63, 3.8) is 0 Å². The number of benzene rings is 3. The first-order valence-corrected chi connectivity index (χ1v) is 14.2. The highest BCUT2D eigenvalue weighted by Gasteiger charge is 2.31. The van der Waals surface area contributed by atoms with Crippen molar-refractivity contribution in [1.29, 1.82) is 0 Å². The monoisotopic (exact) mass is 585 g/mol. The molecule has 12 heteroatoms. The van der Waals surface area contributed by atoms with Crippen molar-refractivity contribution >= 4 is 50.5 Å². The van der Waals surface area contributed by atoms with Crippen LogP contribution < -0.4 is 9.21 Å². The van der Waals surface area contributed by atoms with Crippen LogP contribution in [0.2, 0.25) is 10.0 Å². The number of piperazine rings is 1. The Bertz CT molecular complexity index is 1430. The zero-order chi connectivity index (χ0) is 27.7. The largest absolute Gasteiger partial charge is 0.416 e. The van der Waals surface area contributed by atoms with Crippen LogP contribution in [0.4, 0.5) is 24.5 Å². The van der Waals surface area contributed by atoms with Crippen LogP contribution in [0.1, 0.15) is 21.5 Å². The molecule has 1 fully saturated rings. The van der Waals surface area contributed by atoms with E-state index in [9.17, 15) is 26.4 Å². The Morgan fingerprint density at radius 3 is 2.18 bits per heavy atom. The van der Waals surface area contributed by atoms with Crippen LogP contribution in [-0.4, -0.2) is 51.7 Å². The summed E-state index contributed by atoms with van der Waals surface area (Å²) in [5, 5.41) is 0.350. The van der Waals surface area contributed by atoms with E-state index in [1.807, 2.05) is 4.90 Å². The predicted molar refractivity (Wildman–Crippen MR) is 143 cm³/mol. The molecule has 4 rings (SSSR count). The molecule has 1 aliphatic rings. The average molecular weight is 586 g/mol. The molecule has 0 bridgehead atoms. The summed E-state index contributed by atoms with van der Waals surface area (Å²) in [6.07, 6.45) is -3.35. The van der Waals surface area contributed by atoms with E-state index in [1.54, 1.807) is 53.4 Å². The van der Waals surface area contributed by atoms with Crippen molar-refractivity contribution in [2.24, 2.45) is 0 Å². The Labute approximate surface area is 229 Å². The summed E-state index contributed by atoms with van der Waals surface area (Å²) < 4.78 is 65.3. The Kier molecular flexibility index (Phi) is 8.15. The first-order chi connectivity index (χ1) is 17.8. The molecule has 0 radical (unpaired) electrons. The van der Waals surface area contributed by atoms with Gasteiger partial charge in [-0.3, -0.25) is 9.10 Å². The number of hydrogen-bond acceptors (Lipinski definition) is 4. The van der Waals surface area contributed by atoms with E-state index >= 15 is 0 Å². The number of rotatable bonds is 6. The highest BCUT2D eigenvalue weighted by atomic mass is 35.5. The second-order valence-electron chi connectivity index (χ2n) is 8.87. The van der Waals surface area contributed by atoms with Gasteiger partial charge in [0.05, 0.1) is 34.1 Å². The third-order valence-electron chi connectivity index (χ3n) is 6.23. The van der Waals surface area contributed by atoms with Crippen LogP contribution in [-0.2, 0) is 22.7 Å². The van der Waals surface area contributed by atoms with Gasteiger partial charge in [0.2, 0.25) is 10.0 Å². The van der Waals surface area contributed by atoms with E-state index in [4.69, 9.17) is 23.2 Å². The van der Waals surface area contributed by atoms with Crippen molar-refractivity contribution < 1.29 is 26.4 Å². The van der Waals surface area contributed by atoms with E-state index in [0.717, 1.165) is 22.7 Å². The van der Waals surface area contributed by atoms with Gasteiger partial charge < -0.3 is 9.80 Å². The maximum absolute atomic E-state index is 13.1. The number of hydrogen-bond donors (Lipinski definition) is 0. The maximum atomic E-state index is 13.1. The van der Waals surface area contributed by atoms with Gasteiger partial charge in [-0.25, -0.2) is 8.42 Å². The molecule has 202 valence electrons. The molecule has 1 saturated heterocycles. The van der Waals surface area contributed by atoms with Crippen molar-refractivity contribution in [2.45, 2.75) is 12.7 Å². The third-order valence-corrected chi connectivity index (χ3v) is 8.17. The SMILES string of the molecule is CS(=O)(=O)N(Cc1ccc(C(=O)N2CCN(c3cccc(C(F)(F)F)c3)CC2)cc1)c1cccc(Cl)c1Cl. The quantitative estimate of drug-likeness (QED) is 0.359. The molecule has 0 spiro atoms. The summed E-state index contributed by atoms with van der Waals surface area (Å²) in [6, 6.07) is 16.5. The minimum absolute atomic E-state index is 0.0109. The van der Waals surface area contributed by atoms with Crippen LogP contribution in [0.25, 0.3) is 0 Å². The van der Waals surface area contributed by atoms with Crippen molar-refractivity contribution in [3.8, 4) is 0 Å². The van der Waals surface area contributed by atoms with Gasteiger partial charge >= 0.3 is 6.18 Å². The Morgan fingerprint density at radius 2 is 1.58 bits per heavy atom. The van der Waals surface area contributed by atoms with Gasteiger partial charge in [0.1, 0.15) is 0 Å². The van der Waals surface area contributed by atoms with Crippen molar-refractivity contribution in [3.05, 3.63) is 93.5 Å². The molecule has 0 aliphatic carbocycles. The van der Waals surface area contributed by atoms with Crippen molar-refractivity contribution in [1.82, 2.24) is 4.90 Å². The number of sulfonamides is 1. The number of halogens is 5. The van der Waals surface area contributed by atoms with E-state index in [0.29, 0.717) is 43.0 Å². The van der Waals surface area contributed by atoms with E-state index < -0.39 is 21.8 Å². The lowest BCUT2D eigenvalue weighted by atomic mass is 10.1. The minimum atomic E-state index is -4.42. The molecule has 0 atom stereocenters. The number of carbonyl (C=O) groups excluding carboxylic acids is 1. The molecule has 6 nitrogen and oxygen atoms in total. The zero-order valence-electron chi connectivity index (χ0n) is 20.3. The van der Waals surface area contributed by atoms with Crippen LogP contribution in [0.3, 0.4) is 0 Å².